The average Bonchev–Trinajstić information content (AvgIpc) is 2.79. The lowest BCUT2D eigenvalue weighted by Gasteiger charge is -2.22. The summed E-state index contributed by atoms with van der Waals surface area (Å²) >= 11 is 0. The number of aliphatic hydroxyl groups excluding tert-OH is 9. The molecule has 0 aliphatic carbocycles. The van der Waals surface area contributed by atoms with Crippen LogP contribution in [0.2, 0.25) is 0 Å². The lowest BCUT2D eigenvalue weighted by molar-refractivity contribution is -0.172. The predicted molar refractivity (Wildman–Crippen MR) is 109 cm³/mol. The molecule has 0 fully saturated rings. The summed E-state index contributed by atoms with van der Waals surface area (Å²) in [4.78, 5) is 41.1. The summed E-state index contributed by atoms with van der Waals surface area (Å²) < 4.78 is 0. The van der Waals surface area contributed by atoms with Crippen LogP contribution in [0.25, 0.3) is 0 Å². The van der Waals surface area contributed by atoms with E-state index >= 15 is 0 Å². The molecule has 19 heteroatoms. The third-order valence-electron chi connectivity index (χ3n) is 3.71. The number of carbonyl (C=O) groups excluding carboxylic acids is 1. The SMILES string of the molecule is CN(CC(=O)O)C(=N)N.O=C(O)C(O)C(O)C(O)C(O)C(=O)O.O=CC(O)C(O)C(O)C(O)CO. The van der Waals surface area contributed by atoms with Crippen LogP contribution in [0, 0.1) is 5.41 Å². The van der Waals surface area contributed by atoms with Gasteiger partial charge in [0.05, 0.1) is 6.61 Å². The van der Waals surface area contributed by atoms with Gasteiger partial charge in [-0.2, -0.15) is 0 Å². The largest absolute Gasteiger partial charge is 0.480 e. The topological polar surface area (TPSA) is 364 Å². The molecule has 0 amide bonds. The molecule has 15 N–H and O–H groups in total. The third kappa shape index (κ3) is 15.5. The van der Waals surface area contributed by atoms with Gasteiger partial charge in [-0.3, -0.25) is 10.2 Å². The van der Waals surface area contributed by atoms with Gasteiger partial charge in [-0.05, 0) is 0 Å². The molecule has 0 aromatic rings. The zero-order valence-corrected chi connectivity index (χ0v) is 18.1. The molecule has 0 rings (SSSR count). The summed E-state index contributed by atoms with van der Waals surface area (Å²) in [6, 6.07) is 0. The first-order valence-electron chi connectivity index (χ1n) is 9.10. The highest BCUT2D eigenvalue weighted by molar-refractivity contribution is 5.80. The van der Waals surface area contributed by atoms with E-state index < -0.39 is 73.3 Å². The highest BCUT2D eigenvalue weighted by Crippen LogP contribution is 2.05. The fraction of sp³-hybridized carbons (Fsp3) is 0.688. The van der Waals surface area contributed by atoms with Crippen LogP contribution in [-0.2, 0) is 19.2 Å². The van der Waals surface area contributed by atoms with Crippen LogP contribution in [0.4, 0.5) is 0 Å². The fourth-order valence-electron chi connectivity index (χ4n) is 1.57. The zero-order valence-electron chi connectivity index (χ0n) is 18.1. The summed E-state index contributed by atoms with van der Waals surface area (Å²) in [5.41, 5.74) is 4.93. The minimum absolute atomic E-state index is 0.0258. The first-order valence-corrected chi connectivity index (χ1v) is 9.10. The van der Waals surface area contributed by atoms with Crippen molar-refractivity contribution in [3.63, 3.8) is 0 Å². The molecule has 8 unspecified atom stereocenters. The fourth-order valence-corrected chi connectivity index (χ4v) is 1.57. The molecule has 19 nitrogen and oxygen atoms in total. The number of carboxylic acids is 3. The lowest BCUT2D eigenvalue weighted by Crippen LogP contribution is -2.49. The van der Waals surface area contributed by atoms with Crippen molar-refractivity contribution in [3.05, 3.63) is 0 Å². The van der Waals surface area contributed by atoms with Gasteiger partial charge in [0, 0.05) is 7.05 Å². The Balaban J connectivity index is -0.000000450. The summed E-state index contributed by atoms with van der Waals surface area (Å²) in [6.07, 6.45) is -16.1. The number of likely N-dealkylation sites (N-methyl/N-ethyl adjacent to an activating group) is 1. The Kier molecular flexibility index (Phi) is 19.1. The maximum absolute atomic E-state index is 10.1. The van der Waals surface area contributed by atoms with E-state index in [4.69, 9.17) is 72.4 Å². The van der Waals surface area contributed by atoms with E-state index in [0.717, 1.165) is 4.90 Å². The second-order valence-electron chi connectivity index (χ2n) is 6.54. The van der Waals surface area contributed by atoms with Gasteiger partial charge in [0.25, 0.3) is 0 Å². The number of hydrogen-bond donors (Lipinski definition) is 14. The predicted octanol–water partition coefficient (Wildman–Crippen LogP) is -7.88. The molecule has 0 aromatic carbocycles. The van der Waals surface area contributed by atoms with Crippen LogP contribution in [0.1, 0.15) is 0 Å². The molecule has 0 aromatic heterocycles. The molecule has 35 heavy (non-hydrogen) atoms. The Bertz CT molecular complexity index is 655. The maximum atomic E-state index is 10.1. The molecule has 206 valence electrons. The van der Waals surface area contributed by atoms with Crippen molar-refractivity contribution >= 4 is 30.2 Å². The van der Waals surface area contributed by atoms with Crippen molar-refractivity contribution in [2.75, 3.05) is 20.2 Å². The number of rotatable bonds is 12. The van der Waals surface area contributed by atoms with Gasteiger partial charge in [0.1, 0.15) is 43.2 Å². The molecule has 8 atom stereocenters. The van der Waals surface area contributed by atoms with Crippen LogP contribution in [0.3, 0.4) is 0 Å². The summed E-state index contributed by atoms with van der Waals surface area (Å²) in [5, 5.41) is 110. The number of carboxylic acid groups (broad SMARTS) is 3. The molecular formula is C16H31N3O16. The summed E-state index contributed by atoms with van der Waals surface area (Å²) in [6.45, 7) is -0.987. The number of carbonyl (C=O) groups is 4. The monoisotopic (exact) mass is 521 g/mol. The Morgan fingerprint density at radius 3 is 1.40 bits per heavy atom. The van der Waals surface area contributed by atoms with Gasteiger partial charge in [-0.25, -0.2) is 9.59 Å². The number of aliphatic hydroxyl groups is 9. The highest BCUT2D eigenvalue weighted by atomic mass is 16.4. The Morgan fingerprint density at radius 2 is 1.20 bits per heavy atom. The average molecular weight is 521 g/mol. The molecule has 0 bridgehead atoms. The second-order valence-corrected chi connectivity index (χ2v) is 6.54. The summed E-state index contributed by atoms with van der Waals surface area (Å²) in [5.74, 6) is -4.91. The third-order valence-corrected chi connectivity index (χ3v) is 3.71. The maximum Gasteiger partial charge on any atom is 0.335 e. The molecule has 0 heterocycles. The quantitative estimate of drug-likeness (QED) is 0.0643. The van der Waals surface area contributed by atoms with Gasteiger partial charge < -0.3 is 76.7 Å². The minimum Gasteiger partial charge on any atom is -0.480 e. The first kappa shape index (κ1) is 36.6. The first-order chi connectivity index (χ1) is 15.9. The van der Waals surface area contributed by atoms with Crippen LogP contribution < -0.4 is 5.73 Å². The number of hydrogen-bond acceptors (Lipinski definition) is 14. The lowest BCUT2D eigenvalue weighted by atomic mass is 10.0. The van der Waals surface area contributed by atoms with Gasteiger partial charge in [-0.1, -0.05) is 0 Å². The molecule has 0 saturated carbocycles. The Morgan fingerprint density at radius 1 is 0.829 bits per heavy atom. The molecule has 0 saturated heterocycles. The molecule has 0 radical (unpaired) electrons. The van der Waals surface area contributed by atoms with Crippen molar-refractivity contribution in [1.29, 1.82) is 5.41 Å². The molecule has 0 aliphatic rings. The van der Waals surface area contributed by atoms with Crippen LogP contribution in [-0.4, -0.2) is 165 Å². The molecule has 0 aliphatic heterocycles. The van der Waals surface area contributed by atoms with Gasteiger partial charge in [-0.15, -0.1) is 0 Å². The summed E-state index contributed by atoms with van der Waals surface area (Å²) in [7, 11) is 1.44. The van der Waals surface area contributed by atoms with E-state index in [1.165, 1.54) is 7.05 Å². The molecular weight excluding hydrogens is 490 g/mol. The van der Waals surface area contributed by atoms with E-state index in [9.17, 15) is 19.2 Å². The van der Waals surface area contributed by atoms with E-state index in [-0.39, 0.29) is 18.8 Å². The number of nitrogens with zero attached hydrogens (tertiary/aromatic N) is 1. The number of guanidine groups is 1. The van der Waals surface area contributed by atoms with E-state index in [0.29, 0.717) is 0 Å². The second kappa shape index (κ2) is 18.3. The van der Waals surface area contributed by atoms with Gasteiger partial charge in [0.2, 0.25) is 0 Å². The van der Waals surface area contributed by atoms with Crippen molar-refractivity contribution in [1.82, 2.24) is 4.90 Å². The van der Waals surface area contributed by atoms with Crippen molar-refractivity contribution in [3.8, 4) is 0 Å². The van der Waals surface area contributed by atoms with Gasteiger partial charge in [0.15, 0.2) is 24.5 Å². The Hall–Kier alpha value is -3.01. The van der Waals surface area contributed by atoms with Crippen LogP contribution in [0.5, 0.6) is 0 Å². The minimum atomic E-state index is -2.36. The van der Waals surface area contributed by atoms with Gasteiger partial charge >= 0.3 is 17.9 Å². The van der Waals surface area contributed by atoms with E-state index in [2.05, 4.69) is 0 Å². The standard InChI is InChI=1S/C6H10O8.C6H12O6.C4H9N3O2/c7-1(3(9)5(11)12)2(8)4(10)6(13)14;7-1-3(9)5(11)6(12)4(10)2-8;1-7(4(5)6)2-3(8)9/h1-4,7-10H,(H,11,12)(H,13,14);1,3-6,8-12H,2H2;2H2,1H3,(H3,5,6)(H,8,9). The van der Waals surface area contributed by atoms with Crippen molar-refractivity contribution < 1.29 is 80.5 Å². The number of nitrogens with two attached hydrogens (primary N) is 1. The van der Waals surface area contributed by atoms with Crippen molar-refractivity contribution in [2.45, 2.75) is 48.8 Å². The Labute approximate surface area is 196 Å². The zero-order chi connectivity index (χ0) is 28.6. The smallest absolute Gasteiger partial charge is 0.335 e. The van der Waals surface area contributed by atoms with Crippen LogP contribution in [0.15, 0.2) is 0 Å². The normalized spacial score (nSPS) is 17.2. The van der Waals surface area contributed by atoms with E-state index in [1.54, 1.807) is 0 Å². The molecule has 0 spiro atoms. The highest BCUT2D eigenvalue weighted by Gasteiger charge is 2.37. The van der Waals surface area contributed by atoms with Crippen molar-refractivity contribution in [2.24, 2.45) is 5.73 Å². The number of aldehydes is 1. The van der Waals surface area contributed by atoms with E-state index in [1.807, 2.05) is 0 Å². The van der Waals surface area contributed by atoms with Crippen LogP contribution >= 0.6 is 0 Å². The number of aliphatic carboxylic acids is 3. The number of nitrogens with one attached hydrogen (secondary N) is 1.